The van der Waals surface area contributed by atoms with Gasteiger partial charge >= 0.3 is 0 Å². The average Bonchev–Trinajstić information content (AvgIpc) is 2.73. The molecule has 1 unspecified atom stereocenters. The van der Waals surface area contributed by atoms with Crippen molar-refractivity contribution in [3.63, 3.8) is 0 Å². The van der Waals surface area contributed by atoms with E-state index in [4.69, 9.17) is 16.3 Å². The third kappa shape index (κ3) is 5.70. The molecule has 1 fully saturated rings. The molecule has 3 nitrogen and oxygen atoms in total. The van der Waals surface area contributed by atoms with Gasteiger partial charge in [-0.3, -0.25) is 0 Å². The summed E-state index contributed by atoms with van der Waals surface area (Å²) in [5.41, 5.74) is 2.58. The van der Waals surface area contributed by atoms with Crippen LogP contribution < -0.4 is 4.74 Å². The van der Waals surface area contributed by atoms with E-state index in [1.165, 1.54) is 16.0 Å². The zero-order valence-electron chi connectivity index (χ0n) is 16.5. The van der Waals surface area contributed by atoms with Crippen LogP contribution in [0, 0.1) is 18.2 Å². The van der Waals surface area contributed by atoms with Crippen molar-refractivity contribution in [2.75, 3.05) is 32.5 Å². The molecule has 1 aliphatic heterocycles. The van der Waals surface area contributed by atoms with Gasteiger partial charge < -0.3 is 9.64 Å². The second-order valence-electron chi connectivity index (χ2n) is 7.39. The number of hydrogen-bond acceptors (Lipinski definition) is 4. The van der Waals surface area contributed by atoms with Crippen LogP contribution in [0.2, 0.25) is 17.2 Å². The fraction of sp³-hybridized carbons (Fsp3) is 0.409. The Morgan fingerprint density at radius 3 is 2.79 bits per heavy atom. The summed E-state index contributed by atoms with van der Waals surface area (Å²) in [5, 5.41) is 10.3. The lowest BCUT2D eigenvalue weighted by molar-refractivity contribution is 0.229. The molecule has 28 heavy (non-hydrogen) atoms. The Bertz CT molecular complexity index is 824. The predicted molar refractivity (Wildman–Crippen MR) is 120 cm³/mol. The standard InChI is InChI=1S/C22H26BClN2OS/c1-17-3-4-20(24)13-18(17)9-11-26-12-10-23(16-25)19(14-26)15-27-21-5-7-22(28-2)8-6-21/h3-8,13,19H,9-12,14-15H2,1-2H3. The van der Waals surface area contributed by atoms with Crippen LogP contribution in [0.15, 0.2) is 47.4 Å². The minimum atomic E-state index is 0.0645. The summed E-state index contributed by atoms with van der Waals surface area (Å²) in [7, 11) is 0. The lowest BCUT2D eigenvalue weighted by Gasteiger charge is -2.34. The third-order valence-electron chi connectivity index (χ3n) is 5.52. The van der Waals surface area contributed by atoms with Gasteiger partial charge in [0, 0.05) is 22.4 Å². The van der Waals surface area contributed by atoms with Crippen LogP contribution in [0.1, 0.15) is 11.1 Å². The minimum Gasteiger partial charge on any atom is -0.494 e. The molecule has 2 aromatic rings. The summed E-state index contributed by atoms with van der Waals surface area (Å²) in [5.74, 6) is 3.60. The molecule has 2 aromatic carbocycles. The first-order valence-electron chi connectivity index (χ1n) is 9.73. The van der Waals surface area contributed by atoms with Crippen LogP contribution in [0.25, 0.3) is 0 Å². The molecule has 0 bridgehead atoms. The maximum Gasteiger partial charge on any atom is 0.276 e. The SMILES string of the molecule is CSc1ccc(OCC2CN(CCc3cc(Cl)ccc3C)CCB2C#N)cc1. The van der Waals surface area contributed by atoms with Crippen molar-refractivity contribution in [1.82, 2.24) is 4.90 Å². The van der Waals surface area contributed by atoms with Crippen molar-refractivity contribution in [2.24, 2.45) is 0 Å². The highest BCUT2D eigenvalue weighted by atomic mass is 35.5. The van der Waals surface area contributed by atoms with E-state index in [2.05, 4.69) is 48.3 Å². The summed E-state index contributed by atoms with van der Waals surface area (Å²) in [6.45, 7) is 5.64. The molecular weight excluding hydrogens is 387 g/mol. The van der Waals surface area contributed by atoms with E-state index in [1.54, 1.807) is 11.8 Å². The number of thioether (sulfide) groups is 1. The van der Waals surface area contributed by atoms with Crippen molar-refractivity contribution in [3.05, 3.63) is 58.6 Å². The first-order chi connectivity index (χ1) is 13.6. The van der Waals surface area contributed by atoms with E-state index in [1.807, 2.05) is 18.2 Å². The second-order valence-corrected chi connectivity index (χ2v) is 8.71. The number of hydrogen-bond donors (Lipinski definition) is 0. The first kappa shape index (κ1) is 21.1. The number of rotatable bonds is 7. The fourth-order valence-electron chi connectivity index (χ4n) is 3.71. The normalized spacial score (nSPS) is 17.4. The molecule has 0 spiro atoms. The Kier molecular flexibility index (Phi) is 7.73. The van der Waals surface area contributed by atoms with Crippen molar-refractivity contribution in [1.29, 1.82) is 5.26 Å². The Hall–Kier alpha value is -1.61. The highest BCUT2D eigenvalue weighted by Gasteiger charge is 2.33. The van der Waals surface area contributed by atoms with Gasteiger partial charge in [0.05, 0.1) is 6.61 Å². The van der Waals surface area contributed by atoms with Crippen molar-refractivity contribution in [3.8, 4) is 11.7 Å². The van der Waals surface area contributed by atoms with Gasteiger partial charge in [0.2, 0.25) is 0 Å². The number of nitriles is 1. The van der Waals surface area contributed by atoms with Gasteiger partial charge in [0.1, 0.15) is 5.75 Å². The summed E-state index contributed by atoms with van der Waals surface area (Å²) in [6, 6.07) is 14.3. The van der Waals surface area contributed by atoms with Crippen molar-refractivity contribution in [2.45, 2.75) is 30.4 Å². The van der Waals surface area contributed by atoms with Crippen LogP contribution >= 0.6 is 23.4 Å². The molecule has 1 aliphatic rings. The highest BCUT2D eigenvalue weighted by molar-refractivity contribution is 7.98. The largest absolute Gasteiger partial charge is 0.494 e. The monoisotopic (exact) mass is 412 g/mol. The van der Waals surface area contributed by atoms with Gasteiger partial charge in [0.25, 0.3) is 6.71 Å². The molecule has 0 radical (unpaired) electrons. The highest BCUT2D eigenvalue weighted by Crippen LogP contribution is 2.25. The van der Waals surface area contributed by atoms with Gasteiger partial charge in [-0.25, -0.2) is 5.26 Å². The van der Waals surface area contributed by atoms with Gasteiger partial charge in [-0.05, 0) is 92.4 Å². The minimum absolute atomic E-state index is 0.0645. The van der Waals surface area contributed by atoms with E-state index in [0.717, 1.165) is 43.1 Å². The van der Waals surface area contributed by atoms with E-state index in [9.17, 15) is 5.26 Å². The Morgan fingerprint density at radius 1 is 1.29 bits per heavy atom. The van der Waals surface area contributed by atoms with Crippen LogP contribution in [-0.4, -0.2) is 44.1 Å². The molecule has 1 saturated heterocycles. The molecule has 0 aromatic heterocycles. The maximum atomic E-state index is 9.55. The number of benzene rings is 2. The number of ether oxygens (including phenoxy) is 1. The first-order valence-corrected chi connectivity index (χ1v) is 11.3. The fourth-order valence-corrected chi connectivity index (χ4v) is 4.32. The zero-order valence-corrected chi connectivity index (χ0v) is 18.1. The van der Waals surface area contributed by atoms with Crippen LogP contribution in [0.5, 0.6) is 5.75 Å². The second kappa shape index (κ2) is 10.3. The van der Waals surface area contributed by atoms with Gasteiger partial charge in [-0.2, -0.15) is 0 Å². The molecule has 0 aliphatic carbocycles. The molecule has 146 valence electrons. The van der Waals surface area contributed by atoms with Crippen molar-refractivity contribution < 1.29 is 4.74 Å². The smallest absolute Gasteiger partial charge is 0.276 e. The summed E-state index contributed by atoms with van der Waals surface area (Å²) in [4.78, 5) is 3.68. The average molecular weight is 413 g/mol. The Balaban J connectivity index is 1.55. The zero-order chi connectivity index (χ0) is 19.9. The molecule has 0 saturated carbocycles. The van der Waals surface area contributed by atoms with Gasteiger partial charge in [-0.1, -0.05) is 17.7 Å². The topological polar surface area (TPSA) is 36.3 Å². The summed E-state index contributed by atoms with van der Waals surface area (Å²) >= 11 is 7.87. The summed E-state index contributed by atoms with van der Waals surface area (Å²) < 4.78 is 6.02. The van der Waals surface area contributed by atoms with Crippen LogP contribution in [0.3, 0.4) is 0 Å². The summed E-state index contributed by atoms with van der Waals surface area (Å²) in [6.07, 6.45) is 3.95. The predicted octanol–water partition coefficient (Wildman–Crippen LogP) is 5.24. The van der Waals surface area contributed by atoms with E-state index in [-0.39, 0.29) is 12.5 Å². The van der Waals surface area contributed by atoms with Gasteiger partial charge in [-0.15, -0.1) is 11.8 Å². The maximum absolute atomic E-state index is 9.55. The molecule has 0 amide bonds. The Morgan fingerprint density at radius 2 is 2.07 bits per heavy atom. The lowest BCUT2D eigenvalue weighted by Crippen LogP contribution is -2.44. The van der Waals surface area contributed by atoms with E-state index < -0.39 is 0 Å². The van der Waals surface area contributed by atoms with E-state index >= 15 is 0 Å². The third-order valence-corrected chi connectivity index (χ3v) is 6.49. The lowest BCUT2D eigenvalue weighted by atomic mass is 9.39. The number of aryl methyl sites for hydroxylation is 1. The number of nitrogens with zero attached hydrogens (tertiary/aromatic N) is 2. The molecule has 0 N–H and O–H groups in total. The van der Waals surface area contributed by atoms with Crippen LogP contribution in [-0.2, 0) is 6.42 Å². The Labute approximate surface area is 178 Å². The molecule has 1 atom stereocenters. The van der Waals surface area contributed by atoms with Crippen LogP contribution in [0.4, 0.5) is 0 Å². The van der Waals surface area contributed by atoms with Crippen molar-refractivity contribution >= 4 is 30.1 Å². The molecule has 1 heterocycles. The molecule has 3 rings (SSSR count). The van der Waals surface area contributed by atoms with E-state index in [0.29, 0.717) is 6.61 Å². The molecular formula is C22H26BClN2OS. The quantitative estimate of drug-likeness (QED) is 0.460. The van der Waals surface area contributed by atoms with Gasteiger partial charge in [0.15, 0.2) is 0 Å². The number of halogens is 1. The molecule has 6 heteroatoms.